The molecule has 0 radical (unpaired) electrons. The van der Waals surface area contributed by atoms with Gasteiger partial charge in [0, 0.05) is 18.6 Å². The quantitative estimate of drug-likeness (QED) is 0.711. The molecule has 1 aliphatic rings. The van der Waals surface area contributed by atoms with Gasteiger partial charge in [0.2, 0.25) is 0 Å². The molecule has 19 heavy (non-hydrogen) atoms. The molecule has 0 aromatic heterocycles. The average Bonchev–Trinajstić information content (AvgIpc) is 2.33. The van der Waals surface area contributed by atoms with Gasteiger partial charge in [-0.3, -0.25) is 0 Å². The lowest BCUT2D eigenvalue weighted by Crippen LogP contribution is -2.48. The van der Waals surface area contributed by atoms with Crippen LogP contribution in [0.2, 0.25) is 0 Å². The molecule has 1 amide bonds. The standard InChI is InChI=1S/C14H29N3O2/c1-5-11(17-13(18)19-14(2,3)4)10-16-12-6-8-15-9-7-12/h11-12,15-16H,5-10H2,1-4H3,(H,17,18). The lowest BCUT2D eigenvalue weighted by Gasteiger charge is -2.27. The van der Waals surface area contributed by atoms with Crippen LogP contribution in [-0.2, 0) is 4.74 Å². The number of carbonyl (C=O) groups is 1. The maximum atomic E-state index is 11.7. The van der Waals surface area contributed by atoms with Crippen LogP contribution in [0.1, 0.15) is 47.0 Å². The SMILES string of the molecule is CCC(CNC1CCNCC1)NC(=O)OC(C)(C)C. The molecule has 1 atom stereocenters. The van der Waals surface area contributed by atoms with Crippen LogP contribution >= 0.6 is 0 Å². The number of ether oxygens (including phenoxy) is 1. The Morgan fingerprint density at radius 2 is 2.00 bits per heavy atom. The highest BCUT2D eigenvalue weighted by Gasteiger charge is 2.19. The highest BCUT2D eigenvalue weighted by atomic mass is 16.6. The van der Waals surface area contributed by atoms with E-state index in [0.29, 0.717) is 6.04 Å². The molecule has 0 aliphatic carbocycles. The van der Waals surface area contributed by atoms with Crippen molar-refractivity contribution in [3.8, 4) is 0 Å². The number of rotatable bonds is 5. The zero-order valence-electron chi connectivity index (χ0n) is 12.7. The second-order valence-electron chi connectivity index (χ2n) is 6.18. The fourth-order valence-corrected chi connectivity index (χ4v) is 2.11. The van der Waals surface area contributed by atoms with E-state index in [1.54, 1.807) is 0 Å². The number of hydrogen-bond donors (Lipinski definition) is 3. The Bertz CT molecular complexity index is 270. The normalized spacial score (nSPS) is 18.9. The zero-order valence-corrected chi connectivity index (χ0v) is 12.7. The first-order valence-electron chi connectivity index (χ1n) is 7.34. The van der Waals surface area contributed by atoms with Crippen LogP contribution in [-0.4, -0.2) is 43.4 Å². The molecular formula is C14H29N3O2. The third-order valence-corrected chi connectivity index (χ3v) is 3.21. The highest BCUT2D eigenvalue weighted by Crippen LogP contribution is 2.07. The van der Waals surface area contributed by atoms with Crippen molar-refractivity contribution in [3.63, 3.8) is 0 Å². The van der Waals surface area contributed by atoms with E-state index in [1.807, 2.05) is 20.8 Å². The highest BCUT2D eigenvalue weighted by molar-refractivity contribution is 5.68. The summed E-state index contributed by atoms with van der Waals surface area (Å²) in [6.07, 6.45) is 2.88. The van der Waals surface area contributed by atoms with Crippen LogP contribution < -0.4 is 16.0 Å². The summed E-state index contributed by atoms with van der Waals surface area (Å²) in [4.78, 5) is 11.7. The van der Waals surface area contributed by atoms with Gasteiger partial charge in [0.15, 0.2) is 0 Å². The maximum Gasteiger partial charge on any atom is 0.407 e. The van der Waals surface area contributed by atoms with Crippen LogP contribution in [0.15, 0.2) is 0 Å². The van der Waals surface area contributed by atoms with Crippen LogP contribution in [0.25, 0.3) is 0 Å². The van der Waals surface area contributed by atoms with E-state index in [9.17, 15) is 4.79 Å². The molecule has 0 spiro atoms. The number of alkyl carbamates (subject to hydrolysis) is 1. The number of piperidine rings is 1. The second kappa shape index (κ2) is 7.70. The van der Waals surface area contributed by atoms with Crippen molar-refractivity contribution in [2.75, 3.05) is 19.6 Å². The van der Waals surface area contributed by atoms with Crippen molar-refractivity contribution in [1.29, 1.82) is 0 Å². The first kappa shape index (κ1) is 16.2. The summed E-state index contributed by atoms with van der Waals surface area (Å²) < 4.78 is 5.27. The summed E-state index contributed by atoms with van der Waals surface area (Å²) in [6.45, 7) is 10.7. The summed E-state index contributed by atoms with van der Waals surface area (Å²) in [5, 5.41) is 9.80. The van der Waals surface area contributed by atoms with Crippen molar-refractivity contribution in [2.24, 2.45) is 0 Å². The molecule has 0 saturated carbocycles. The molecular weight excluding hydrogens is 242 g/mol. The van der Waals surface area contributed by atoms with Crippen molar-refractivity contribution in [2.45, 2.75) is 64.6 Å². The van der Waals surface area contributed by atoms with Crippen molar-refractivity contribution >= 4 is 6.09 Å². The Balaban J connectivity index is 2.26. The molecule has 1 saturated heterocycles. The zero-order chi connectivity index (χ0) is 14.3. The van der Waals surface area contributed by atoms with Gasteiger partial charge in [-0.25, -0.2) is 4.79 Å². The molecule has 3 N–H and O–H groups in total. The topological polar surface area (TPSA) is 62.4 Å². The Hall–Kier alpha value is -0.810. The van der Waals surface area contributed by atoms with Crippen molar-refractivity contribution in [1.82, 2.24) is 16.0 Å². The van der Waals surface area contributed by atoms with E-state index < -0.39 is 5.60 Å². The molecule has 0 aromatic carbocycles. The summed E-state index contributed by atoms with van der Waals surface area (Å²) in [7, 11) is 0. The van der Waals surface area contributed by atoms with Crippen LogP contribution in [0.5, 0.6) is 0 Å². The van der Waals surface area contributed by atoms with Gasteiger partial charge in [0.05, 0.1) is 0 Å². The number of hydrogen-bond acceptors (Lipinski definition) is 4. The van der Waals surface area contributed by atoms with E-state index in [2.05, 4.69) is 22.9 Å². The summed E-state index contributed by atoms with van der Waals surface area (Å²) >= 11 is 0. The molecule has 0 bridgehead atoms. The first-order valence-corrected chi connectivity index (χ1v) is 7.34. The first-order chi connectivity index (χ1) is 8.90. The Morgan fingerprint density at radius 1 is 1.37 bits per heavy atom. The lowest BCUT2D eigenvalue weighted by atomic mass is 10.1. The minimum atomic E-state index is -0.440. The van der Waals surface area contributed by atoms with Gasteiger partial charge >= 0.3 is 6.09 Å². The predicted molar refractivity (Wildman–Crippen MR) is 77.3 cm³/mol. The fourth-order valence-electron chi connectivity index (χ4n) is 2.11. The summed E-state index contributed by atoms with van der Waals surface area (Å²) in [6, 6.07) is 0.695. The molecule has 1 rings (SSSR count). The molecule has 1 heterocycles. The average molecular weight is 271 g/mol. The maximum absolute atomic E-state index is 11.7. The molecule has 5 heteroatoms. The van der Waals surface area contributed by atoms with Crippen molar-refractivity contribution < 1.29 is 9.53 Å². The van der Waals surface area contributed by atoms with Gasteiger partial charge in [-0.15, -0.1) is 0 Å². The third kappa shape index (κ3) is 7.38. The van der Waals surface area contributed by atoms with E-state index in [1.165, 1.54) is 0 Å². The number of nitrogens with one attached hydrogen (secondary N) is 3. The van der Waals surface area contributed by atoms with E-state index in [0.717, 1.165) is 38.9 Å². The smallest absolute Gasteiger partial charge is 0.407 e. The monoisotopic (exact) mass is 271 g/mol. The van der Waals surface area contributed by atoms with Gasteiger partial charge < -0.3 is 20.7 Å². The van der Waals surface area contributed by atoms with Crippen LogP contribution in [0.3, 0.4) is 0 Å². The largest absolute Gasteiger partial charge is 0.444 e. The Kier molecular flexibility index (Phi) is 6.58. The predicted octanol–water partition coefficient (Wildman–Crippen LogP) is 1.63. The van der Waals surface area contributed by atoms with Crippen molar-refractivity contribution in [3.05, 3.63) is 0 Å². The van der Waals surface area contributed by atoms with E-state index in [-0.39, 0.29) is 12.1 Å². The molecule has 1 fully saturated rings. The fraction of sp³-hybridized carbons (Fsp3) is 0.929. The van der Waals surface area contributed by atoms with Crippen LogP contribution in [0, 0.1) is 0 Å². The van der Waals surface area contributed by atoms with Crippen LogP contribution in [0.4, 0.5) is 4.79 Å². The van der Waals surface area contributed by atoms with Gasteiger partial charge in [0.1, 0.15) is 5.60 Å². The molecule has 0 aromatic rings. The minimum Gasteiger partial charge on any atom is -0.444 e. The van der Waals surface area contributed by atoms with Gasteiger partial charge in [-0.1, -0.05) is 6.92 Å². The van der Waals surface area contributed by atoms with Gasteiger partial charge in [-0.2, -0.15) is 0 Å². The number of carbonyl (C=O) groups excluding carboxylic acids is 1. The minimum absolute atomic E-state index is 0.129. The second-order valence-corrected chi connectivity index (χ2v) is 6.18. The summed E-state index contributed by atoms with van der Waals surface area (Å²) in [5.41, 5.74) is -0.440. The van der Waals surface area contributed by atoms with Gasteiger partial charge in [-0.05, 0) is 53.1 Å². The number of amides is 1. The third-order valence-electron chi connectivity index (χ3n) is 3.21. The molecule has 1 aliphatic heterocycles. The molecule has 5 nitrogen and oxygen atoms in total. The van der Waals surface area contributed by atoms with E-state index in [4.69, 9.17) is 4.74 Å². The Labute approximate surface area is 116 Å². The summed E-state index contributed by atoms with van der Waals surface area (Å²) in [5.74, 6) is 0. The van der Waals surface area contributed by atoms with Gasteiger partial charge in [0.25, 0.3) is 0 Å². The lowest BCUT2D eigenvalue weighted by molar-refractivity contribution is 0.0501. The molecule has 112 valence electrons. The van der Waals surface area contributed by atoms with E-state index >= 15 is 0 Å². The Morgan fingerprint density at radius 3 is 2.53 bits per heavy atom. The molecule has 1 unspecified atom stereocenters.